The van der Waals surface area contributed by atoms with Crippen molar-refractivity contribution in [3.63, 3.8) is 0 Å². The van der Waals surface area contributed by atoms with Crippen molar-refractivity contribution in [3.8, 4) is 5.75 Å². The van der Waals surface area contributed by atoms with E-state index in [0.717, 1.165) is 21.0 Å². The van der Waals surface area contributed by atoms with Crippen molar-refractivity contribution < 1.29 is 22.7 Å². The SMILES string of the molecule is CNC(=O)C(Cc1ccccc1)N(Cc1ccc(Cl)cc1Cl)C(=O)CN(c1cc(C)ccc1OC)S(=O)(=O)c1ccc(C)cc1. The molecule has 0 saturated carbocycles. The fourth-order valence-corrected chi connectivity index (χ4v) is 6.78. The summed E-state index contributed by atoms with van der Waals surface area (Å²) in [4.78, 5) is 29.3. The number of methoxy groups -OCH3 is 1. The number of aryl methyl sites for hydroxylation is 2. The second-order valence-electron chi connectivity index (χ2n) is 10.6. The lowest BCUT2D eigenvalue weighted by molar-refractivity contribution is -0.139. The van der Waals surface area contributed by atoms with Gasteiger partial charge in [0, 0.05) is 30.1 Å². The number of carbonyl (C=O) groups excluding carboxylic acids is 2. The smallest absolute Gasteiger partial charge is 0.264 e. The van der Waals surface area contributed by atoms with Gasteiger partial charge in [-0.15, -0.1) is 0 Å². The van der Waals surface area contributed by atoms with Crippen molar-refractivity contribution in [3.05, 3.63) is 123 Å². The number of hydrogen-bond acceptors (Lipinski definition) is 5. The Bertz CT molecular complexity index is 1770. The molecule has 0 bridgehead atoms. The first-order chi connectivity index (χ1) is 21.4. The third-order valence-corrected chi connectivity index (χ3v) is 9.73. The molecule has 0 aliphatic carbocycles. The number of sulfonamides is 1. The first-order valence-electron chi connectivity index (χ1n) is 14.2. The second-order valence-corrected chi connectivity index (χ2v) is 13.3. The van der Waals surface area contributed by atoms with Gasteiger partial charge in [0.2, 0.25) is 11.8 Å². The molecule has 0 aromatic heterocycles. The Morgan fingerprint density at radius 1 is 0.889 bits per heavy atom. The maximum Gasteiger partial charge on any atom is 0.264 e. The largest absolute Gasteiger partial charge is 0.495 e. The van der Waals surface area contributed by atoms with E-state index >= 15 is 0 Å². The van der Waals surface area contributed by atoms with Gasteiger partial charge in [-0.1, -0.05) is 83.4 Å². The lowest BCUT2D eigenvalue weighted by Crippen LogP contribution is -2.53. The summed E-state index contributed by atoms with van der Waals surface area (Å²) in [7, 11) is -1.36. The maximum absolute atomic E-state index is 14.5. The molecular weight excluding hydrogens is 633 g/mol. The highest BCUT2D eigenvalue weighted by molar-refractivity contribution is 7.92. The molecule has 0 aliphatic rings. The van der Waals surface area contributed by atoms with Crippen LogP contribution in [0.4, 0.5) is 5.69 Å². The highest BCUT2D eigenvalue weighted by Gasteiger charge is 2.35. The minimum atomic E-state index is -4.28. The van der Waals surface area contributed by atoms with Gasteiger partial charge in [0.25, 0.3) is 10.0 Å². The normalized spacial score (nSPS) is 11.9. The Balaban J connectivity index is 1.86. The molecule has 1 atom stereocenters. The van der Waals surface area contributed by atoms with Gasteiger partial charge in [0.1, 0.15) is 18.3 Å². The maximum atomic E-state index is 14.5. The number of benzene rings is 4. The summed E-state index contributed by atoms with van der Waals surface area (Å²) in [6, 6.07) is 24.6. The number of ether oxygens (including phenoxy) is 1. The molecule has 0 radical (unpaired) electrons. The topological polar surface area (TPSA) is 96.0 Å². The quantitative estimate of drug-likeness (QED) is 0.194. The van der Waals surface area contributed by atoms with Crippen molar-refractivity contribution in [1.82, 2.24) is 10.2 Å². The van der Waals surface area contributed by atoms with Crippen LogP contribution in [0.2, 0.25) is 10.0 Å². The third kappa shape index (κ3) is 8.16. The number of hydrogen-bond donors (Lipinski definition) is 1. The third-order valence-electron chi connectivity index (χ3n) is 7.36. The molecule has 4 aromatic rings. The molecular formula is C34H35Cl2N3O5S. The Labute approximate surface area is 274 Å². The first-order valence-corrected chi connectivity index (χ1v) is 16.4. The van der Waals surface area contributed by atoms with E-state index in [2.05, 4.69) is 5.32 Å². The van der Waals surface area contributed by atoms with Gasteiger partial charge in [-0.25, -0.2) is 8.42 Å². The minimum absolute atomic E-state index is 0.00360. The molecule has 4 rings (SSSR count). The summed E-state index contributed by atoms with van der Waals surface area (Å²) >= 11 is 12.7. The summed E-state index contributed by atoms with van der Waals surface area (Å²) in [5.74, 6) is -0.772. The Morgan fingerprint density at radius 3 is 2.18 bits per heavy atom. The van der Waals surface area contributed by atoms with Crippen molar-refractivity contribution in [2.24, 2.45) is 0 Å². The molecule has 11 heteroatoms. The standard InChI is InChI=1S/C34H35Cl2N3O5S/c1-23-10-15-28(16-11-23)45(42,43)39(30-18-24(2)12-17-32(30)44-4)22-33(40)38(21-26-13-14-27(35)20-29(26)36)31(34(41)37-3)19-25-8-6-5-7-9-25/h5-18,20,31H,19,21-22H2,1-4H3,(H,37,41). The summed E-state index contributed by atoms with van der Waals surface area (Å²) in [5.41, 5.74) is 3.19. The summed E-state index contributed by atoms with van der Waals surface area (Å²) in [5, 5.41) is 3.38. The molecule has 1 unspecified atom stereocenters. The van der Waals surface area contributed by atoms with Crippen LogP contribution < -0.4 is 14.4 Å². The highest BCUT2D eigenvalue weighted by Crippen LogP contribution is 2.34. The zero-order valence-electron chi connectivity index (χ0n) is 25.5. The van der Waals surface area contributed by atoms with Crippen molar-refractivity contribution in [1.29, 1.82) is 0 Å². The number of nitrogens with one attached hydrogen (secondary N) is 1. The average Bonchev–Trinajstić information content (AvgIpc) is 3.02. The molecule has 45 heavy (non-hydrogen) atoms. The molecule has 0 spiro atoms. The van der Waals surface area contributed by atoms with Gasteiger partial charge in [0.05, 0.1) is 17.7 Å². The van der Waals surface area contributed by atoms with Gasteiger partial charge in [-0.2, -0.15) is 0 Å². The predicted molar refractivity (Wildman–Crippen MR) is 178 cm³/mol. The summed E-state index contributed by atoms with van der Waals surface area (Å²) in [6.07, 6.45) is 0.177. The number of anilines is 1. The molecule has 4 aromatic carbocycles. The van der Waals surface area contributed by atoms with Crippen LogP contribution >= 0.6 is 23.2 Å². The fourth-order valence-electron chi connectivity index (χ4n) is 4.90. The van der Waals surface area contributed by atoms with Gasteiger partial charge in [-0.3, -0.25) is 13.9 Å². The van der Waals surface area contributed by atoms with Crippen molar-refractivity contribution >= 4 is 50.7 Å². The van der Waals surface area contributed by atoms with Crippen LogP contribution in [0.5, 0.6) is 5.75 Å². The molecule has 0 heterocycles. The molecule has 1 N–H and O–H groups in total. The minimum Gasteiger partial charge on any atom is -0.495 e. The Hall–Kier alpha value is -4.05. The summed E-state index contributed by atoms with van der Waals surface area (Å²) in [6.45, 7) is 2.97. The molecule has 0 aliphatic heterocycles. The average molecular weight is 669 g/mol. The van der Waals surface area contributed by atoms with Crippen LogP contribution in [0.15, 0.2) is 95.9 Å². The van der Waals surface area contributed by atoms with Crippen LogP contribution in [-0.2, 0) is 32.6 Å². The lowest BCUT2D eigenvalue weighted by Gasteiger charge is -2.34. The van der Waals surface area contributed by atoms with Gasteiger partial charge in [0.15, 0.2) is 0 Å². The fraction of sp³-hybridized carbons (Fsp3) is 0.235. The molecule has 0 fully saturated rings. The van der Waals surface area contributed by atoms with Crippen LogP contribution in [-0.4, -0.2) is 51.9 Å². The van der Waals surface area contributed by atoms with E-state index in [1.807, 2.05) is 44.2 Å². The predicted octanol–water partition coefficient (Wildman–Crippen LogP) is 6.20. The van der Waals surface area contributed by atoms with Crippen LogP contribution in [0, 0.1) is 13.8 Å². The number of rotatable bonds is 12. The zero-order chi connectivity index (χ0) is 32.7. The zero-order valence-corrected chi connectivity index (χ0v) is 27.8. The van der Waals surface area contributed by atoms with Crippen LogP contribution in [0.25, 0.3) is 0 Å². The molecule has 8 nitrogen and oxygen atoms in total. The second kappa shape index (κ2) is 14.8. The van der Waals surface area contributed by atoms with Gasteiger partial charge in [-0.05, 0) is 66.9 Å². The van der Waals surface area contributed by atoms with E-state index in [4.69, 9.17) is 27.9 Å². The van der Waals surface area contributed by atoms with Crippen LogP contribution in [0.1, 0.15) is 22.3 Å². The molecule has 2 amide bonds. The van der Waals surface area contributed by atoms with E-state index in [9.17, 15) is 18.0 Å². The van der Waals surface area contributed by atoms with Gasteiger partial charge >= 0.3 is 0 Å². The number of likely N-dealkylation sites (N-methyl/N-ethyl adjacent to an activating group) is 1. The monoisotopic (exact) mass is 667 g/mol. The van der Waals surface area contributed by atoms with Crippen molar-refractivity contribution in [2.45, 2.75) is 37.8 Å². The van der Waals surface area contributed by atoms with E-state index < -0.39 is 34.4 Å². The molecule has 0 saturated heterocycles. The number of halogens is 2. The van der Waals surface area contributed by atoms with Crippen LogP contribution in [0.3, 0.4) is 0 Å². The number of carbonyl (C=O) groups is 2. The van der Waals surface area contributed by atoms with E-state index in [1.165, 1.54) is 31.2 Å². The lowest BCUT2D eigenvalue weighted by atomic mass is 10.0. The van der Waals surface area contributed by atoms with E-state index in [1.54, 1.807) is 48.5 Å². The first kappa shape index (κ1) is 33.8. The summed E-state index contributed by atoms with van der Waals surface area (Å²) < 4.78 is 35.1. The number of amides is 2. The molecule has 236 valence electrons. The van der Waals surface area contributed by atoms with E-state index in [0.29, 0.717) is 15.6 Å². The van der Waals surface area contributed by atoms with Gasteiger partial charge < -0.3 is 15.0 Å². The Kier molecular flexibility index (Phi) is 11.1. The Morgan fingerprint density at radius 2 is 1.56 bits per heavy atom. The van der Waals surface area contributed by atoms with E-state index in [-0.39, 0.29) is 29.3 Å². The number of nitrogens with zero attached hydrogens (tertiary/aromatic N) is 2. The highest BCUT2D eigenvalue weighted by atomic mass is 35.5. The van der Waals surface area contributed by atoms with Crippen molar-refractivity contribution in [2.75, 3.05) is 25.0 Å².